The number of oxime groups is 1. The zero-order valence-electron chi connectivity index (χ0n) is 6.37. The van der Waals surface area contributed by atoms with Crippen molar-refractivity contribution in [3.63, 3.8) is 0 Å². The Balaban J connectivity index is 3.20. The van der Waals surface area contributed by atoms with Crippen LogP contribution in [0.25, 0.3) is 0 Å². The summed E-state index contributed by atoms with van der Waals surface area (Å²) in [6.07, 6.45) is 0. The van der Waals surface area contributed by atoms with Crippen molar-refractivity contribution >= 4 is 5.84 Å². The van der Waals surface area contributed by atoms with Crippen LogP contribution in [0, 0.1) is 5.92 Å². The molecule has 4 heteroatoms. The van der Waals surface area contributed by atoms with Crippen LogP contribution in [0.1, 0.15) is 13.8 Å². The number of ether oxygens (including phenoxy) is 1. The number of nitrogens with zero attached hydrogens (tertiary/aromatic N) is 1. The molecular formula is C6H14N2O2. The highest BCUT2D eigenvalue weighted by molar-refractivity contribution is 5.80. The van der Waals surface area contributed by atoms with Crippen molar-refractivity contribution in [3.8, 4) is 0 Å². The lowest BCUT2D eigenvalue weighted by atomic mass is 10.2. The van der Waals surface area contributed by atoms with Crippen molar-refractivity contribution in [1.82, 2.24) is 0 Å². The average Bonchev–Trinajstić information content (AvgIpc) is 1.87. The Bertz CT molecular complexity index is 112. The van der Waals surface area contributed by atoms with Gasteiger partial charge in [0.1, 0.15) is 6.61 Å². The maximum atomic E-state index is 8.08. The van der Waals surface area contributed by atoms with Crippen LogP contribution in [0.5, 0.6) is 0 Å². The molecule has 0 aromatic rings. The van der Waals surface area contributed by atoms with E-state index < -0.39 is 0 Å². The van der Waals surface area contributed by atoms with Crippen LogP contribution < -0.4 is 5.73 Å². The van der Waals surface area contributed by atoms with Gasteiger partial charge in [0.2, 0.25) is 0 Å². The van der Waals surface area contributed by atoms with Crippen molar-refractivity contribution in [2.75, 3.05) is 13.2 Å². The highest BCUT2D eigenvalue weighted by atomic mass is 16.5. The van der Waals surface area contributed by atoms with Crippen LogP contribution in [-0.4, -0.2) is 24.3 Å². The van der Waals surface area contributed by atoms with Crippen LogP contribution in [0.3, 0.4) is 0 Å². The van der Waals surface area contributed by atoms with Crippen molar-refractivity contribution < 1.29 is 9.94 Å². The Labute approximate surface area is 60.7 Å². The van der Waals surface area contributed by atoms with E-state index in [4.69, 9.17) is 15.7 Å². The van der Waals surface area contributed by atoms with Gasteiger partial charge >= 0.3 is 0 Å². The second kappa shape index (κ2) is 5.05. The Morgan fingerprint density at radius 1 is 1.70 bits per heavy atom. The minimum atomic E-state index is 0.112. The van der Waals surface area contributed by atoms with E-state index in [0.29, 0.717) is 12.5 Å². The summed E-state index contributed by atoms with van der Waals surface area (Å²) in [5.41, 5.74) is 5.13. The quantitative estimate of drug-likeness (QED) is 0.261. The van der Waals surface area contributed by atoms with Crippen molar-refractivity contribution in [2.24, 2.45) is 16.8 Å². The molecule has 0 amide bonds. The summed E-state index contributed by atoms with van der Waals surface area (Å²) in [6, 6.07) is 0. The van der Waals surface area contributed by atoms with Crippen LogP contribution in [0.2, 0.25) is 0 Å². The Morgan fingerprint density at radius 2 is 2.30 bits per heavy atom. The minimum absolute atomic E-state index is 0.112. The lowest BCUT2D eigenvalue weighted by Gasteiger charge is -2.04. The molecule has 0 spiro atoms. The minimum Gasteiger partial charge on any atom is -0.409 e. The second-order valence-electron chi connectivity index (χ2n) is 2.50. The van der Waals surface area contributed by atoms with Gasteiger partial charge in [-0.2, -0.15) is 0 Å². The lowest BCUT2D eigenvalue weighted by Crippen LogP contribution is -2.20. The van der Waals surface area contributed by atoms with E-state index in [-0.39, 0.29) is 12.4 Å². The molecule has 0 heterocycles. The predicted octanol–water partition coefficient (Wildman–Crippen LogP) is 0.405. The number of rotatable bonds is 4. The molecule has 0 fully saturated rings. The van der Waals surface area contributed by atoms with E-state index in [1.54, 1.807) is 0 Å². The highest BCUT2D eigenvalue weighted by Crippen LogP contribution is 1.91. The molecule has 0 aromatic heterocycles. The zero-order valence-corrected chi connectivity index (χ0v) is 6.37. The molecule has 0 saturated heterocycles. The van der Waals surface area contributed by atoms with Gasteiger partial charge in [-0.25, -0.2) is 0 Å². The van der Waals surface area contributed by atoms with Gasteiger partial charge in [-0.15, -0.1) is 0 Å². The summed E-state index contributed by atoms with van der Waals surface area (Å²) >= 11 is 0. The zero-order chi connectivity index (χ0) is 7.98. The molecule has 0 aliphatic carbocycles. The number of nitrogens with two attached hydrogens (primary N) is 1. The second-order valence-corrected chi connectivity index (χ2v) is 2.50. The molecule has 0 unspecified atom stereocenters. The van der Waals surface area contributed by atoms with E-state index in [1.807, 2.05) is 13.8 Å². The first-order valence-corrected chi connectivity index (χ1v) is 3.21. The molecule has 0 radical (unpaired) electrons. The Morgan fingerprint density at radius 3 is 2.70 bits per heavy atom. The van der Waals surface area contributed by atoms with Crippen LogP contribution in [0.15, 0.2) is 5.16 Å². The molecule has 0 rings (SSSR count). The molecule has 0 bridgehead atoms. The highest BCUT2D eigenvalue weighted by Gasteiger charge is 1.95. The largest absolute Gasteiger partial charge is 0.409 e. The number of hydrogen-bond acceptors (Lipinski definition) is 3. The summed E-state index contributed by atoms with van der Waals surface area (Å²) < 4.78 is 5.03. The van der Waals surface area contributed by atoms with E-state index in [1.165, 1.54) is 0 Å². The molecule has 4 nitrogen and oxygen atoms in total. The first kappa shape index (κ1) is 9.23. The van der Waals surface area contributed by atoms with Gasteiger partial charge in [0.15, 0.2) is 5.84 Å². The first-order valence-electron chi connectivity index (χ1n) is 3.21. The molecular weight excluding hydrogens is 132 g/mol. The van der Waals surface area contributed by atoms with E-state index in [2.05, 4.69) is 5.16 Å². The Kier molecular flexibility index (Phi) is 4.66. The molecule has 0 aromatic carbocycles. The van der Waals surface area contributed by atoms with Gasteiger partial charge in [0, 0.05) is 6.61 Å². The third kappa shape index (κ3) is 5.37. The summed E-state index contributed by atoms with van der Waals surface area (Å²) in [6.45, 7) is 4.91. The Hall–Kier alpha value is -0.770. The SMILES string of the molecule is CC(C)COC/C(N)=N/O. The van der Waals surface area contributed by atoms with Crippen molar-refractivity contribution in [1.29, 1.82) is 0 Å². The van der Waals surface area contributed by atoms with Crippen molar-refractivity contribution in [2.45, 2.75) is 13.8 Å². The number of hydrogen-bond donors (Lipinski definition) is 2. The van der Waals surface area contributed by atoms with Crippen LogP contribution in [-0.2, 0) is 4.74 Å². The van der Waals surface area contributed by atoms with Crippen molar-refractivity contribution in [3.05, 3.63) is 0 Å². The third-order valence-corrected chi connectivity index (χ3v) is 0.830. The van der Waals surface area contributed by atoms with E-state index >= 15 is 0 Å². The molecule has 3 N–H and O–H groups in total. The lowest BCUT2D eigenvalue weighted by molar-refractivity contribution is 0.140. The monoisotopic (exact) mass is 146 g/mol. The van der Waals surface area contributed by atoms with Gasteiger partial charge in [-0.05, 0) is 5.92 Å². The fourth-order valence-electron chi connectivity index (χ4n) is 0.428. The summed E-state index contributed by atoms with van der Waals surface area (Å²) in [7, 11) is 0. The molecule has 0 atom stereocenters. The molecule has 0 aliphatic rings. The standard InChI is InChI=1S/C6H14N2O2/c1-5(2)3-10-4-6(7)8-9/h5,9H,3-4H2,1-2H3,(H2,7,8). The molecule has 60 valence electrons. The maximum Gasteiger partial charge on any atom is 0.165 e. The van der Waals surface area contributed by atoms with Gasteiger partial charge in [0.05, 0.1) is 0 Å². The molecule has 0 aliphatic heterocycles. The first-order chi connectivity index (χ1) is 4.66. The maximum absolute atomic E-state index is 8.08. The predicted molar refractivity (Wildman–Crippen MR) is 39.1 cm³/mol. The van der Waals surface area contributed by atoms with E-state index in [9.17, 15) is 0 Å². The summed E-state index contributed by atoms with van der Waals surface area (Å²) in [4.78, 5) is 0. The smallest absolute Gasteiger partial charge is 0.165 e. The van der Waals surface area contributed by atoms with Crippen LogP contribution in [0.4, 0.5) is 0 Å². The summed E-state index contributed by atoms with van der Waals surface area (Å²) in [5.74, 6) is 0.590. The van der Waals surface area contributed by atoms with Gasteiger partial charge < -0.3 is 15.7 Å². The normalized spacial score (nSPS) is 12.5. The van der Waals surface area contributed by atoms with E-state index in [0.717, 1.165) is 0 Å². The topological polar surface area (TPSA) is 67.8 Å². The van der Waals surface area contributed by atoms with Gasteiger partial charge in [-0.1, -0.05) is 19.0 Å². The fourth-order valence-corrected chi connectivity index (χ4v) is 0.428. The van der Waals surface area contributed by atoms with Gasteiger partial charge in [-0.3, -0.25) is 0 Å². The molecule has 0 saturated carbocycles. The summed E-state index contributed by atoms with van der Waals surface area (Å²) in [5, 5.41) is 10.8. The fraction of sp³-hybridized carbons (Fsp3) is 0.833. The third-order valence-electron chi connectivity index (χ3n) is 0.830. The molecule has 10 heavy (non-hydrogen) atoms. The van der Waals surface area contributed by atoms with Gasteiger partial charge in [0.25, 0.3) is 0 Å². The number of amidine groups is 1. The van der Waals surface area contributed by atoms with Crippen LogP contribution >= 0.6 is 0 Å². The average molecular weight is 146 g/mol.